The number of hydrogen-bond donors (Lipinski definition) is 1. The van der Waals surface area contributed by atoms with E-state index in [1.54, 1.807) is 30.3 Å². The van der Waals surface area contributed by atoms with Crippen molar-refractivity contribution in [2.45, 2.75) is 18.8 Å². The average Bonchev–Trinajstić information content (AvgIpc) is 2.85. The van der Waals surface area contributed by atoms with Gasteiger partial charge in [0.2, 0.25) is 0 Å². The summed E-state index contributed by atoms with van der Waals surface area (Å²) in [6, 6.07) is 8.88. The van der Waals surface area contributed by atoms with Gasteiger partial charge in [-0.05, 0) is 43.0 Å². The standard InChI is InChI=1S/C24H25FN4O4/c1-31-20-12-23(26)28-13-18(20)15-7-9-29(10-8-15)24(30)19-11-21(32-2)22(14-27-19)33-17-5-3-16(25)4-6-17/h3-6,11-15H,7-10H2,1-2H3,(H2,26,28). The number of benzene rings is 1. The van der Waals surface area contributed by atoms with E-state index in [4.69, 9.17) is 19.9 Å². The van der Waals surface area contributed by atoms with Crippen LogP contribution in [-0.2, 0) is 0 Å². The van der Waals surface area contributed by atoms with Crippen LogP contribution in [0.4, 0.5) is 10.2 Å². The number of likely N-dealkylation sites (tertiary alicyclic amines) is 1. The van der Waals surface area contributed by atoms with E-state index < -0.39 is 0 Å². The van der Waals surface area contributed by atoms with Gasteiger partial charge in [0.25, 0.3) is 5.91 Å². The second-order valence-corrected chi connectivity index (χ2v) is 7.69. The van der Waals surface area contributed by atoms with Gasteiger partial charge < -0.3 is 24.8 Å². The lowest BCUT2D eigenvalue weighted by molar-refractivity contribution is 0.0706. The summed E-state index contributed by atoms with van der Waals surface area (Å²) in [6.45, 7) is 1.16. The van der Waals surface area contributed by atoms with Crippen molar-refractivity contribution in [2.24, 2.45) is 0 Å². The van der Waals surface area contributed by atoms with Crippen molar-refractivity contribution >= 4 is 11.7 Å². The summed E-state index contributed by atoms with van der Waals surface area (Å²) in [7, 11) is 3.10. The Kier molecular flexibility index (Phi) is 6.58. The highest BCUT2D eigenvalue weighted by Crippen LogP contribution is 2.35. The van der Waals surface area contributed by atoms with Crippen molar-refractivity contribution in [1.29, 1.82) is 0 Å². The van der Waals surface area contributed by atoms with Gasteiger partial charge in [-0.15, -0.1) is 0 Å². The highest BCUT2D eigenvalue weighted by Gasteiger charge is 2.28. The Balaban J connectivity index is 1.44. The largest absolute Gasteiger partial charge is 0.496 e. The molecule has 172 valence electrons. The number of nitrogens with zero attached hydrogens (tertiary/aromatic N) is 3. The molecule has 3 heterocycles. The molecule has 4 rings (SSSR count). The van der Waals surface area contributed by atoms with E-state index >= 15 is 0 Å². The van der Waals surface area contributed by atoms with Crippen LogP contribution in [0.5, 0.6) is 23.0 Å². The van der Waals surface area contributed by atoms with Crippen LogP contribution in [0.2, 0.25) is 0 Å². The molecule has 2 N–H and O–H groups in total. The molecule has 0 unspecified atom stereocenters. The molecule has 1 aromatic carbocycles. The Morgan fingerprint density at radius 1 is 1.00 bits per heavy atom. The molecule has 3 aromatic rings. The lowest BCUT2D eigenvalue weighted by Crippen LogP contribution is -2.38. The molecule has 1 fully saturated rings. The van der Waals surface area contributed by atoms with Gasteiger partial charge in [0.1, 0.15) is 28.8 Å². The first-order chi connectivity index (χ1) is 16.0. The number of nitrogens with two attached hydrogens (primary N) is 1. The molecule has 1 amide bonds. The third-order valence-corrected chi connectivity index (χ3v) is 5.67. The summed E-state index contributed by atoms with van der Waals surface area (Å²) >= 11 is 0. The number of rotatable bonds is 6. The Bertz CT molecular complexity index is 1130. The SMILES string of the molecule is COc1cc(C(=O)N2CCC(c3cnc(N)cc3OC)CC2)ncc1Oc1ccc(F)cc1. The van der Waals surface area contributed by atoms with E-state index in [1.807, 2.05) is 0 Å². The topological polar surface area (TPSA) is 99.8 Å². The van der Waals surface area contributed by atoms with Crippen LogP contribution < -0.4 is 19.9 Å². The van der Waals surface area contributed by atoms with E-state index in [2.05, 4.69) is 9.97 Å². The molecule has 33 heavy (non-hydrogen) atoms. The smallest absolute Gasteiger partial charge is 0.272 e. The Morgan fingerprint density at radius 2 is 1.70 bits per heavy atom. The molecule has 0 radical (unpaired) electrons. The molecular weight excluding hydrogens is 427 g/mol. The lowest BCUT2D eigenvalue weighted by atomic mass is 9.89. The van der Waals surface area contributed by atoms with E-state index in [1.165, 1.54) is 37.6 Å². The minimum Gasteiger partial charge on any atom is -0.496 e. The number of nitrogen functional groups attached to an aromatic ring is 1. The van der Waals surface area contributed by atoms with Gasteiger partial charge in [-0.3, -0.25) is 4.79 Å². The van der Waals surface area contributed by atoms with E-state index in [0.29, 0.717) is 36.2 Å². The summed E-state index contributed by atoms with van der Waals surface area (Å²) in [5.41, 5.74) is 7.02. The predicted octanol–water partition coefficient (Wildman–Crippen LogP) is 4.03. The summed E-state index contributed by atoms with van der Waals surface area (Å²) in [6.07, 6.45) is 4.74. The van der Waals surface area contributed by atoms with Crippen LogP contribution in [0.25, 0.3) is 0 Å². The van der Waals surface area contributed by atoms with Gasteiger partial charge in [0, 0.05) is 37.0 Å². The van der Waals surface area contributed by atoms with Crippen LogP contribution in [0, 0.1) is 5.82 Å². The van der Waals surface area contributed by atoms with Gasteiger partial charge in [0.05, 0.1) is 20.4 Å². The zero-order chi connectivity index (χ0) is 23.4. The third kappa shape index (κ3) is 4.97. The number of amides is 1. The second-order valence-electron chi connectivity index (χ2n) is 7.69. The number of ether oxygens (including phenoxy) is 3. The molecule has 1 saturated heterocycles. The van der Waals surface area contributed by atoms with Gasteiger partial charge in [-0.25, -0.2) is 14.4 Å². The first kappa shape index (κ1) is 22.3. The van der Waals surface area contributed by atoms with Crippen LogP contribution in [0.3, 0.4) is 0 Å². The Hall–Kier alpha value is -3.88. The summed E-state index contributed by atoms with van der Waals surface area (Å²) < 4.78 is 29.7. The number of carbonyl (C=O) groups is 1. The highest BCUT2D eigenvalue weighted by atomic mass is 19.1. The fourth-order valence-corrected chi connectivity index (χ4v) is 3.91. The molecule has 0 bridgehead atoms. The van der Waals surface area contributed by atoms with Gasteiger partial charge in [0.15, 0.2) is 11.5 Å². The molecule has 0 atom stereocenters. The second kappa shape index (κ2) is 9.72. The maximum absolute atomic E-state index is 13.1. The Morgan fingerprint density at radius 3 is 2.36 bits per heavy atom. The number of anilines is 1. The molecule has 0 spiro atoms. The maximum atomic E-state index is 13.1. The quantitative estimate of drug-likeness (QED) is 0.603. The number of pyridine rings is 2. The lowest BCUT2D eigenvalue weighted by Gasteiger charge is -2.32. The summed E-state index contributed by atoms with van der Waals surface area (Å²) in [5.74, 6) is 1.96. The number of hydrogen-bond acceptors (Lipinski definition) is 7. The first-order valence-corrected chi connectivity index (χ1v) is 10.5. The van der Waals surface area contributed by atoms with Crippen molar-refractivity contribution in [1.82, 2.24) is 14.9 Å². The van der Waals surface area contributed by atoms with Crippen LogP contribution in [0.1, 0.15) is 34.8 Å². The van der Waals surface area contributed by atoms with E-state index in [-0.39, 0.29) is 23.3 Å². The third-order valence-electron chi connectivity index (χ3n) is 5.67. The average molecular weight is 452 g/mol. The number of aromatic nitrogens is 2. The van der Waals surface area contributed by atoms with Crippen molar-refractivity contribution < 1.29 is 23.4 Å². The number of methoxy groups -OCH3 is 2. The molecule has 0 aliphatic carbocycles. The molecule has 2 aromatic heterocycles. The highest BCUT2D eigenvalue weighted by molar-refractivity contribution is 5.93. The van der Waals surface area contributed by atoms with Gasteiger partial charge in [-0.2, -0.15) is 0 Å². The minimum absolute atomic E-state index is 0.178. The maximum Gasteiger partial charge on any atom is 0.272 e. The zero-order valence-corrected chi connectivity index (χ0v) is 18.5. The van der Waals surface area contributed by atoms with Gasteiger partial charge in [-0.1, -0.05) is 0 Å². The monoisotopic (exact) mass is 452 g/mol. The molecule has 0 saturated carbocycles. The van der Waals surface area contributed by atoms with Crippen molar-refractivity contribution in [3.63, 3.8) is 0 Å². The number of halogens is 1. The zero-order valence-electron chi connectivity index (χ0n) is 18.5. The fraction of sp³-hybridized carbons (Fsp3) is 0.292. The van der Waals surface area contributed by atoms with E-state index in [0.717, 1.165) is 24.2 Å². The number of piperidine rings is 1. The number of carbonyl (C=O) groups excluding carboxylic acids is 1. The van der Waals surface area contributed by atoms with Crippen molar-refractivity contribution in [3.8, 4) is 23.0 Å². The summed E-state index contributed by atoms with van der Waals surface area (Å²) in [4.78, 5) is 23.3. The van der Waals surface area contributed by atoms with Crippen LogP contribution in [-0.4, -0.2) is 48.1 Å². The molecular formula is C24H25FN4O4. The van der Waals surface area contributed by atoms with E-state index in [9.17, 15) is 9.18 Å². The molecule has 9 heteroatoms. The summed E-state index contributed by atoms with van der Waals surface area (Å²) in [5, 5.41) is 0. The van der Waals surface area contributed by atoms with Crippen LogP contribution in [0.15, 0.2) is 48.8 Å². The molecule has 1 aliphatic rings. The predicted molar refractivity (Wildman–Crippen MR) is 120 cm³/mol. The Labute approximate surface area is 191 Å². The normalized spacial score (nSPS) is 14.1. The van der Waals surface area contributed by atoms with Crippen LogP contribution >= 0.6 is 0 Å². The molecule has 8 nitrogen and oxygen atoms in total. The fourth-order valence-electron chi connectivity index (χ4n) is 3.91. The minimum atomic E-state index is -0.358. The first-order valence-electron chi connectivity index (χ1n) is 10.5. The van der Waals surface area contributed by atoms with Crippen molar-refractivity contribution in [2.75, 3.05) is 33.0 Å². The van der Waals surface area contributed by atoms with Crippen molar-refractivity contribution in [3.05, 3.63) is 65.9 Å². The van der Waals surface area contributed by atoms with Gasteiger partial charge >= 0.3 is 0 Å². The molecule has 1 aliphatic heterocycles.